The number of para-hydroxylation sites is 1. The number of carbonyl (C=O) groups is 1. The lowest BCUT2D eigenvalue weighted by Gasteiger charge is -2.19. The number of benzene rings is 1. The Labute approximate surface area is 110 Å². The minimum absolute atomic E-state index is 0.143. The number of thiazole rings is 1. The van der Waals surface area contributed by atoms with Gasteiger partial charge in [-0.25, -0.2) is 9.78 Å². The molecule has 4 nitrogen and oxygen atoms in total. The maximum absolute atomic E-state index is 11.0. The van der Waals surface area contributed by atoms with Crippen molar-refractivity contribution in [3.8, 4) is 0 Å². The predicted molar refractivity (Wildman–Crippen MR) is 72.9 cm³/mol. The van der Waals surface area contributed by atoms with E-state index in [1.165, 1.54) is 11.3 Å². The van der Waals surface area contributed by atoms with Crippen LogP contribution in [0.5, 0.6) is 0 Å². The lowest BCUT2D eigenvalue weighted by Crippen LogP contribution is -2.15. The first-order chi connectivity index (χ1) is 8.63. The van der Waals surface area contributed by atoms with Crippen LogP contribution in [0.15, 0.2) is 30.3 Å². The van der Waals surface area contributed by atoms with Crippen LogP contribution in [0.3, 0.4) is 0 Å². The zero-order valence-corrected chi connectivity index (χ0v) is 11.1. The van der Waals surface area contributed by atoms with Gasteiger partial charge in [0.25, 0.3) is 0 Å². The van der Waals surface area contributed by atoms with Crippen LogP contribution < -0.4 is 4.90 Å². The van der Waals surface area contributed by atoms with E-state index in [0.29, 0.717) is 0 Å². The van der Waals surface area contributed by atoms with Gasteiger partial charge in [0, 0.05) is 17.1 Å². The quantitative estimate of drug-likeness (QED) is 0.918. The first-order valence-corrected chi connectivity index (χ1v) is 6.48. The fraction of sp³-hybridized carbons (Fsp3) is 0.231. The SMILES string of the molecule is CCN(c1ccccc1)c1nc(C(=O)O)c(C)s1. The molecular formula is C13H14N2O2S. The third-order valence-corrected chi connectivity index (χ3v) is 3.60. The summed E-state index contributed by atoms with van der Waals surface area (Å²) in [5, 5.41) is 9.75. The van der Waals surface area contributed by atoms with Crippen LogP contribution in [0.4, 0.5) is 10.8 Å². The molecule has 0 saturated heterocycles. The molecule has 0 fully saturated rings. The Balaban J connectivity index is 2.40. The van der Waals surface area contributed by atoms with Crippen LogP contribution >= 0.6 is 11.3 Å². The molecule has 0 spiro atoms. The Bertz CT molecular complexity index is 551. The zero-order chi connectivity index (χ0) is 13.1. The van der Waals surface area contributed by atoms with Gasteiger partial charge in [0.05, 0.1) is 0 Å². The Morgan fingerprint density at radius 3 is 2.56 bits per heavy atom. The van der Waals surface area contributed by atoms with Gasteiger partial charge in [-0.15, -0.1) is 11.3 Å². The minimum atomic E-state index is -0.973. The van der Waals surface area contributed by atoms with Crippen molar-refractivity contribution in [2.24, 2.45) is 0 Å². The summed E-state index contributed by atoms with van der Waals surface area (Å²) in [6.45, 7) is 4.55. The maximum Gasteiger partial charge on any atom is 0.355 e. The largest absolute Gasteiger partial charge is 0.476 e. The van der Waals surface area contributed by atoms with E-state index in [1.54, 1.807) is 6.92 Å². The number of aromatic nitrogens is 1. The highest BCUT2D eigenvalue weighted by atomic mass is 32.1. The zero-order valence-electron chi connectivity index (χ0n) is 10.3. The number of hydrogen-bond acceptors (Lipinski definition) is 4. The van der Waals surface area contributed by atoms with Crippen molar-refractivity contribution in [2.75, 3.05) is 11.4 Å². The molecule has 0 radical (unpaired) electrons. The molecule has 94 valence electrons. The van der Waals surface area contributed by atoms with E-state index in [1.807, 2.05) is 42.2 Å². The number of aromatic carboxylic acids is 1. The van der Waals surface area contributed by atoms with Gasteiger partial charge < -0.3 is 10.0 Å². The third kappa shape index (κ3) is 2.36. The predicted octanol–water partition coefficient (Wildman–Crippen LogP) is 3.31. The van der Waals surface area contributed by atoms with Crippen LogP contribution in [-0.4, -0.2) is 22.6 Å². The second-order valence-electron chi connectivity index (χ2n) is 3.79. The molecule has 0 aliphatic heterocycles. The van der Waals surface area contributed by atoms with E-state index < -0.39 is 5.97 Å². The first kappa shape index (κ1) is 12.6. The summed E-state index contributed by atoms with van der Waals surface area (Å²) in [6, 6.07) is 9.83. The lowest BCUT2D eigenvalue weighted by atomic mass is 10.3. The number of nitrogens with zero attached hydrogens (tertiary/aromatic N) is 2. The molecular weight excluding hydrogens is 248 g/mol. The van der Waals surface area contributed by atoms with Gasteiger partial charge in [0.1, 0.15) is 0 Å². The van der Waals surface area contributed by atoms with Gasteiger partial charge in [-0.3, -0.25) is 0 Å². The molecule has 0 aliphatic rings. The summed E-state index contributed by atoms with van der Waals surface area (Å²) in [5.41, 5.74) is 1.16. The van der Waals surface area contributed by atoms with Crippen molar-refractivity contribution in [3.63, 3.8) is 0 Å². The van der Waals surface area contributed by atoms with Gasteiger partial charge in [-0.05, 0) is 26.0 Å². The van der Waals surface area contributed by atoms with Gasteiger partial charge in [0.2, 0.25) is 0 Å². The van der Waals surface area contributed by atoms with Gasteiger partial charge >= 0.3 is 5.97 Å². The molecule has 18 heavy (non-hydrogen) atoms. The van der Waals surface area contributed by atoms with Crippen molar-refractivity contribution in [3.05, 3.63) is 40.9 Å². The van der Waals surface area contributed by atoms with Gasteiger partial charge in [-0.2, -0.15) is 0 Å². The maximum atomic E-state index is 11.0. The molecule has 0 aliphatic carbocycles. The molecule has 0 amide bonds. The number of carboxylic acid groups (broad SMARTS) is 1. The first-order valence-electron chi connectivity index (χ1n) is 5.66. The molecule has 1 heterocycles. The van der Waals surface area contributed by atoms with Crippen LogP contribution in [0.25, 0.3) is 0 Å². The molecule has 0 atom stereocenters. The molecule has 2 rings (SSSR count). The van der Waals surface area contributed by atoms with Crippen molar-refractivity contribution in [1.82, 2.24) is 4.98 Å². The van der Waals surface area contributed by atoms with Crippen molar-refractivity contribution in [1.29, 1.82) is 0 Å². The molecule has 1 aromatic carbocycles. The summed E-state index contributed by atoms with van der Waals surface area (Å²) in [4.78, 5) is 17.9. The average Bonchev–Trinajstić information content (AvgIpc) is 2.74. The summed E-state index contributed by atoms with van der Waals surface area (Å²) in [6.07, 6.45) is 0. The van der Waals surface area contributed by atoms with E-state index >= 15 is 0 Å². The molecule has 0 saturated carbocycles. The summed E-state index contributed by atoms with van der Waals surface area (Å²) in [7, 11) is 0. The highest BCUT2D eigenvalue weighted by Crippen LogP contribution is 2.31. The average molecular weight is 262 g/mol. The summed E-state index contributed by atoms with van der Waals surface area (Å²) < 4.78 is 0. The number of carboxylic acids is 1. The Kier molecular flexibility index (Phi) is 3.62. The summed E-state index contributed by atoms with van der Waals surface area (Å²) in [5.74, 6) is -0.973. The highest BCUT2D eigenvalue weighted by Gasteiger charge is 2.18. The minimum Gasteiger partial charge on any atom is -0.476 e. The monoisotopic (exact) mass is 262 g/mol. The number of hydrogen-bond donors (Lipinski definition) is 1. The topological polar surface area (TPSA) is 53.4 Å². The fourth-order valence-electron chi connectivity index (χ4n) is 1.73. The number of aryl methyl sites for hydroxylation is 1. The van der Waals surface area contributed by atoms with E-state index in [-0.39, 0.29) is 5.69 Å². The fourth-order valence-corrected chi connectivity index (χ4v) is 2.72. The molecule has 1 N–H and O–H groups in total. The Morgan fingerprint density at radius 1 is 1.39 bits per heavy atom. The standard InChI is InChI=1S/C13H14N2O2S/c1-3-15(10-7-5-4-6-8-10)13-14-11(12(16)17)9(2)18-13/h4-8H,3H2,1-2H3,(H,16,17). The van der Waals surface area contributed by atoms with Crippen LogP contribution in [0, 0.1) is 6.92 Å². The van der Waals surface area contributed by atoms with E-state index in [2.05, 4.69) is 4.98 Å². The van der Waals surface area contributed by atoms with E-state index in [9.17, 15) is 4.79 Å². The van der Waals surface area contributed by atoms with E-state index in [4.69, 9.17) is 5.11 Å². The number of anilines is 2. The van der Waals surface area contributed by atoms with Gasteiger partial charge in [-0.1, -0.05) is 18.2 Å². The van der Waals surface area contributed by atoms with Crippen molar-refractivity contribution >= 4 is 28.1 Å². The van der Waals surface area contributed by atoms with Crippen LogP contribution in [0.1, 0.15) is 22.3 Å². The Morgan fingerprint density at radius 2 is 2.06 bits per heavy atom. The Hall–Kier alpha value is -1.88. The van der Waals surface area contributed by atoms with Crippen LogP contribution in [-0.2, 0) is 0 Å². The summed E-state index contributed by atoms with van der Waals surface area (Å²) >= 11 is 1.40. The van der Waals surface area contributed by atoms with Gasteiger partial charge in [0.15, 0.2) is 10.8 Å². The van der Waals surface area contributed by atoms with E-state index in [0.717, 1.165) is 22.2 Å². The molecule has 1 aromatic heterocycles. The highest BCUT2D eigenvalue weighted by molar-refractivity contribution is 7.15. The van der Waals surface area contributed by atoms with Crippen LogP contribution in [0.2, 0.25) is 0 Å². The molecule has 0 unspecified atom stereocenters. The molecule has 2 aromatic rings. The molecule has 0 bridgehead atoms. The third-order valence-electron chi connectivity index (χ3n) is 2.60. The lowest BCUT2D eigenvalue weighted by molar-refractivity contribution is 0.0690. The second kappa shape index (κ2) is 5.18. The van der Waals surface area contributed by atoms with Crippen molar-refractivity contribution in [2.45, 2.75) is 13.8 Å². The molecule has 5 heteroatoms. The number of rotatable bonds is 4. The normalized spacial score (nSPS) is 10.3. The second-order valence-corrected chi connectivity index (χ2v) is 4.97. The smallest absolute Gasteiger partial charge is 0.355 e. The van der Waals surface area contributed by atoms with Crippen molar-refractivity contribution < 1.29 is 9.90 Å².